The lowest BCUT2D eigenvalue weighted by molar-refractivity contribution is -0.116. The molecule has 1 aromatic carbocycles. The molecule has 15 heavy (non-hydrogen) atoms. The Morgan fingerprint density at radius 2 is 2.07 bits per heavy atom. The summed E-state index contributed by atoms with van der Waals surface area (Å²) in [6, 6.07) is 9.68. The summed E-state index contributed by atoms with van der Waals surface area (Å²) >= 11 is 0. The quantitative estimate of drug-likeness (QED) is 0.754. The van der Waals surface area contributed by atoms with Gasteiger partial charge in [-0.3, -0.25) is 4.79 Å². The van der Waals surface area contributed by atoms with Gasteiger partial charge in [-0.1, -0.05) is 23.4 Å². The van der Waals surface area contributed by atoms with Crippen molar-refractivity contribution >= 4 is 5.78 Å². The molecule has 2 aromatic rings. The summed E-state index contributed by atoms with van der Waals surface area (Å²) in [4.78, 5) is 10.9. The standard InChI is InChI=1S/C11H11N3O/c1-9(15)7-10-8-14(13-12-10)11-5-3-2-4-6-11/h2-6,8H,7H2,1H3. The first-order valence-corrected chi connectivity index (χ1v) is 4.72. The highest BCUT2D eigenvalue weighted by atomic mass is 16.1. The number of benzene rings is 1. The monoisotopic (exact) mass is 201 g/mol. The number of carbonyl (C=O) groups excluding carboxylic acids is 1. The van der Waals surface area contributed by atoms with Crippen LogP contribution in [0.3, 0.4) is 0 Å². The van der Waals surface area contributed by atoms with Crippen LogP contribution in [0, 0.1) is 0 Å². The molecule has 2 rings (SSSR count). The van der Waals surface area contributed by atoms with Gasteiger partial charge in [0.15, 0.2) is 0 Å². The maximum Gasteiger partial charge on any atom is 0.135 e. The molecule has 0 saturated carbocycles. The molecule has 0 atom stereocenters. The minimum Gasteiger partial charge on any atom is -0.300 e. The summed E-state index contributed by atoms with van der Waals surface area (Å²) in [6.45, 7) is 1.54. The van der Waals surface area contributed by atoms with Gasteiger partial charge in [0, 0.05) is 0 Å². The summed E-state index contributed by atoms with van der Waals surface area (Å²) in [5.74, 6) is 0.0927. The second-order valence-electron chi connectivity index (χ2n) is 3.37. The molecule has 0 bridgehead atoms. The van der Waals surface area contributed by atoms with E-state index in [0.29, 0.717) is 12.1 Å². The summed E-state index contributed by atoms with van der Waals surface area (Å²) in [6.07, 6.45) is 2.11. The molecule has 4 nitrogen and oxygen atoms in total. The molecule has 0 N–H and O–H groups in total. The van der Waals surface area contributed by atoms with Gasteiger partial charge in [-0.05, 0) is 19.1 Å². The van der Waals surface area contributed by atoms with Gasteiger partial charge in [0.25, 0.3) is 0 Å². The van der Waals surface area contributed by atoms with E-state index in [1.165, 1.54) is 0 Å². The molecule has 0 spiro atoms. The molecule has 0 amide bonds. The van der Waals surface area contributed by atoms with Crippen LogP contribution in [0.2, 0.25) is 0 Å². The van der Waals surface area contributed by atoms with Crippen molar-refractivity contribution in [2.24, 2.45) is 0 Å². The fourth-order valence-electron chi connectivity index (χ4n) is 1.34. The van der Waals surface area contributed by atoms with E-state index in [0.717, 1.165) is 5.69 Å². The van der Waals surface area contributed by atoms with Crippen LogP contribution in [0.15, 0.2) is 36.5 Å². The second kappa shape index (κ2) is 4.04. The van der Waals surface area contributed by atoms with Gasteiger partial charge in [0.2, 0.25) is 0 Å². The average molecular weight is 201 g/mol. The Balaban J connectivity index is 2.24. The highest BCUT2D eigenvalue weighted by molar-refractivity contribution is 5.77. The number of para-hydroxylation sites is 1. The van der Waals surface area contributed by atoms with Crippen molar-refractivity contribution in [1.29, 1.82) is 0 Å². The first-order chi connectivity index (χ1) is 7.25. The Bertz CT molecular complexity index is 462. The third-order valence-electron chi connectivity index (χ3n) is 1.99. The number of Topliss-reactive ketones (excluding diaryl/α,β-unsaturated/α-hetero) is 1. The third kappa shape index (κ3) is 2.28. The smallest absolute Gasteiger partial charge is 0.135 e. The fourth-order valence-corrected chi connectivity index (χ4v) is 1.34. The lowest BCUT2D eigenvalue weighted by Gasteiger charge is -1.96. The van der Waals surface area contributed by atoms with E-state index in [4.69, 9.17) is 0 Å². The number of aromatic nitrogens is 3. The third-order valence-corrected chi connectivity index (χ3v) is 1.99. The van der Waals surface area contributed by atoms with E-state index in [1.54, 1.807) is 17.8 Å². The number of rotatable bonds is 3. The molecule has 1 aromatic heterocycles. The molecule has 0 radical (unpaired) electrons. The summed E-state index contributed by atoms with van der Waals surface area (Å²) < 4.78 is 1.66. The van der Waals surface area contributed by atoms with Gasteiger partial charge in [0.05, 0.1) is 24.0 Å². The predicted molar refractivity (Wildman–Crippen MR) is 55.7 cm³/mol. The molecule has 0 aliphatic carbocycles. The van der Waals surface area contributed by atoms with E-state index in [2.05, 4.69) is 10.3 Å². The maximum atomic E-state index is 10.9. The SMILES string of the molecule is CC(=O)Cc1cn(-c2ccccc2)nn1. The predicted octanol–water partition coefficient (Wildman–Crippen LogP) is 1.40. The van der Waals surface area contributed by atoms with Crippen LogP contribution < -0.4 is 0 Å². The maximum absolute atomic E-state index is 10.9. The highest BCUT2D eigenvalue weighted by Crippen LogP contribution is 2.05. The van der Waals surface area contributed by atoms with Gasteiger partial charge in [-0.25, -0.2) is 4.68 Å². The van der Waals surface area contributed by atoms with E-state index >= 15 is 0 Å². The Morgan fingerprint density at radius 3 is 2.73 bits per heavy atom. The van der Waals surface area contributed by atoms with Gasteiger partial charge in [-0.2, -0.15) is 0 Å². The average Bonchev–Trinajstić information content (AvgIpc) is 2.67. The van der Waals surface area contributed by atoms with E-state index < -0.39 is 0 Å². The summed E-state index contributed by atoms with van der Waals surface area (Å²) in [5, 5.41) is 7.88. The zero-order valence-corrected chi connectivity index (χ0v) is 8.42. The van der Waals surface area contributed by atoms with Crippen LogP contribution in [-0.4, -0.2) is 20.8 Å². The Morgan fingerprint density at radius 1 is 1.33 bits per heavy atom. The topological polar surface area (TPSA) is 47.8 Å². The lowest BCUT2D eigenvalue weighted by atomic mass is 10.2. The minimum absolute atomic E-state index is 0.0927. The van der Waals surface area contributed by atoms with E-state index in [9.17, 15) is 4.79 Å². The van der Waals surface area contributed by atoms with Gasteiger partial charge in [0.1, 0.15) is 5.78 Å². The van der Waals surface area contributed by atoms with Crippen molar-refractivity contribution < 1.29 is 4.79 Å². The fraction of sp³-hybridized carbons (Fsp3) is 0.182. The molecule has 0 saturated heterocycles. The number of ketones is 1. The van der Waals surface area contributed by atoms with Gasteiger partial charge in [-0.15, -0.1) is 5.10 Å². The Hall–Kier alpha value is -1.97. The van der Waals surface area contributed by atoms with Crippen LogP contribution in [0.4, 0.5) is 0 Å². The van der Waals surface area contributed by atoms with Crippen molar-refractivity contribution in [3.8, 4) is 5.69 Å². The van der Waals surface area contributed by atoms with Gasteiger partial charge < -0.3 is 0 Å². The van der Waals surface area contributed by atoms with Crippen LogP contribution in [0.5, 0.6) is 0 Å². The second-order valence-corrected chi connectivity index (χ2v) is 3.37. The van der Waals surface area contributed by atoms with Crippen molar-refractivity contribution in [3.63, 3.8) is 0 Å². The largest absolute Gasteiger partial charge is 0.300 e. The van der Waals surface area contributed by atoms with Crippen molar-refractivity contribution in [1.82, 2.24) is 15.0 Å². The van der Waals surface area contributed by atoms with Crippen molar-refractivity contribution in [2.75, 3.05) is 0 Å². The first-order valence-electron chi connectivity index (χ1n) is 4.72. The number of hydrogen-bond donors (Lipinski definition) is 0. The molecule has 4 heteroatoms. The molecule has 0 fully saturated rings. The van der Waals surface area contributed by atoms with Crippen molar-refractivity contribution in [3.05, 3.63) is 42.2 Å². The summed E-state index contributed by atoms with van der Waals surface area (Å²) in [5.41, 5.74) is 1.64. The summed E-state index contributed by atoms with van der Waals surface area (Å²) in [7, 11) is 0. The Labute approximate surface area is 87.5 Å². The van der Waals surface area contributed by atoms with E-state index in [1.807, 2.05) is 30.3 Å². The van der Waals surface area contributed by atoms with Crippen LogP contribution in [0.25, 0.3) is 5.69 Å². The lowest BCUT2D eigenvalue weighted by Crippen LogP contribution is -1.96. The molecular formula is C11H11N3O. The Kier molecular flexibility index (Phi) is 2.58. The van der Waals surface area contributed by atoms with Gasteiger partial charge >= 0.3 is 0 Å². The van der Waals surface area contributed by atoms with Crippen LogP contribution >= 0.6 is 0 Å². The van der Waals surface area contributed by atoms with Crippen LogP contribution in [-0.2, 0) is 11.2 Å². The molecule has 0 aliphatic heterocycles. The molecular weight excluding hydrogens is 190 g/mol. The minimum atomic E-state index is 0.0927. The molecule has 1 heterocycles. The zero-order valence-electron chi connectivity index (χ0n) is 8.42. The highest BCUT2D eigenvalue weighted by Gasteiger charge is 2.04. The molecule has 0 aliphatic rings. The van der Waals surface area contributed by atoms with Crippen LogP contribution in [0.1, 0.15) is 12.6 Å². The number of hydrogen-bond acceptors (Lipinski definition) is 3. The normalized spacial score (nSPS) is 10.2. The first kappa shape index (κ1) is 9.58. The van der Waals surface area contributed by atoms with E-state index in [-0.39, 0.29) is 5.78 Å². The molecule has 0 unspecified atom stereocenters. The zero-order chi connectivity index (χ0) is 10.7. The number of carbonyl (C=O) groups is 1. The molecule has 76 valence electrons. The van der Waals surface area contributed by atoms with Crippen molar-refractivity contribution in [2.45, 2.75) is 13.3 Å². The number of nitrogens with zero attached hydrogens (tertiary/aromatic N) is 3.